The largest absolute Gasteiger partial charge is 0.394 e. The predicted octanol–water partition coefficient (Wildman–Crippen LogP) is 2.39. The molecule has 0 saturated heterocycles. The molecule has 19 heavy (non-hydrogen) atoms. The second-order valence-electron chi connectivity index (χ2n) is 4.32. The maximum atomic E-state index is 9.76. The molecule has 3 nitrogen and oxygen atoms in total. The molecule has 100 valence electrons. The summed E-state index contributed by atoms with van der Waals surface area (Å²) in [5, 5.41) is 28.6. The van der Waals surface area contributed by atoms with E-state index in [-0.39, 0.29) is 0 Å². The fourth-order valence-electron chi connectivity index (χ4n) is 1.84. The van der Waals surface area contributed by atoms with Gasteiger partial charge in [0.05, 0.1) is 6.61 Å². The molecule has 0 radical (unpaired) electrons. The van der Waals surface area contributed by atoms with E-state index in [0.717, 1.165) is 11.1 Å². The van der Waals surface area contributed by atoms with Crippen LogP contribution >= 0.6 is 11.6 Å². The second-order valence-corrected chi connectivity index (χ2v) is 4.76. The van der Waals surface area contributed by atoms with Gasteiger partial charge in [-0.05, 0) is 28.8 Å². The van der Waals surface area contributed by atoms with Crippen LogP contribution in [0, 0.1) is 0 Å². The summed E-state index contributed by atoms with van der Waals surface area (Å²) in [6.45, 7) is -0.472. The molecule has 0 aliphatic carbocycles. The fourth-order valence-corrected chi connectivity index (χ4v) is 1.96. The van der Waals surface area contributed by atoms with Crippen molar-refractivity contribution in [2.75, 3.05) is 6.61 Å². The number of benzene rings is 2. The molecule has 0 heterocycles. The van der Waals surface area contributed by atoms with Crippen LogP contribution < -0.4 is 0 Å². The van der Waals surface area contributed by atoms with Gasteiger partial charge in [0.15, 0.2) is 0 Å². The summed E-state index contributed by atoms with van der Waals surface area (Å²) in [5.41, 5.74) is 2.58. The van der Waals surface area contributed by atoms with Gasteiger partial charge in [-0.15, -0.1) is 0 Å². The van der Waals surface area contributed by atoms with Crippen molar-refractivity contribution in [1.29, 1.82) is 0 Å². The monoisotopic (exact) mass is 278 g/mol. The maximum Gasteiger partial charge on any atom is 0.107 e. The minimum Gasteiger partial charge on any atom is -0.394 e. The maximum absolute atomic E-state index is 9.76. The molecule has 0 aromatic heterocycles. The first-order valence-electron chi connectivity index (χ1n) is 5.94. The molecule has 0 amide bonds. The Morgan fingerprint density at radius 3 is 1.79 bits per heavy atom. The van der Waals surface area contributed by atoms with E-state index in [4.69, 9.17) is 16.7 Å². The molecule has 2 atom stereocenters. The zero-order valence-electron chi connectivity index (χ0n) is 10.2. The summed E-state index contributed by atoms with van der Waals surface area (Å²) in [6, 6.07) is 14.6. The lowest BCUT2D eigenvalue weighted by molar-refractivity contribution is -0.0152. The van der Waals surface area contributed by atoms with Crippen molar-refractivity contribution in [2.45, 2.75) is 12.2 Å². The van der Waals surface area contributed by atoms with Crippen molar-refractivity contribution >= 4 is 11.6 Å². The Labute approximate surface area is 116 Å². The van der Waals surface area contributed by atoms with Crippen LogP contribution in [0.2, 0.25) is 5.02 Å². The summed E-state index contributed by atoms with van der Waals surface area (Å²) >= 11 is 5.83. The molecule has 4 heteroatoms. The van der Waals surface area contributed by atoms with Crippen LogP contribution in [0.1, 0.15) is 11.7 Å². The van der Waals surface area contributed by atoms with E-state index in [1.165, 1.54) is 0 Å². The van der Waals surface area contributed by atoms with E-state index < -0.39 is 18.8 Å². The highest BCUT2D eigenvalue weighted by Gasteiger charge is 2.16. The van der Waals surface area contributed by atoms with E-state index in [2.05, 4.69) is 0 Å². The molecule has 0 fully saturated rings. The second kappa shape index (κ2) is 6.17. The SMILES string of the molecule is OCC(O)C(O)c1ccc(-c2ccc(Cl)cc2)cc1. The van der Waals surface area contributed by atoms with Gasteiger partial charge in [-0.25, -0.2) is 0 Å². The molecular formula is C15H15ClO3. The van der Waals surface area contributed by atoms with Crippen molar-refractivity contribution in [3.63, 3.8) is 0 Å². The third-order valence-electron chi connectivity index (χ3n) is 2.98. The van der Waals surface area contributed by atoms with Gasteiger partial charge in [0.25, 0.3) is 0 Å². The highest BCUT2D eigenvalue weighted by atomic mass is 35.5. The van der Waals surface area contributed by atoms with Crippen LogP contribution in [0.3, 0.4) is 0 Å². The number of aliphatic hydroxyl groups excluding tert-OH is 3. The van der Waals surface area contributed by atoms with Crippen LogP contribution in [-0.2, 0) is 0 Å². The zero-order chi connectivity index (χ0) is 13.8. The normalized spacial score (nSPS) is 14.1. The molecule has 2 rings (SSSR count). The van der Waals surface area contributed by atoms with E-state index in [1.807, 2.05) is 36.4 Å². The Hall–Kier alpha value is -1.39. The van der Waals surface area contributed by atoms with Gasteiger partial charge in [0.1, 0.15) is 12.2 Å². The van der Waals surface area contributed by atoms with Crippen molar-refractivity contribution in [1.82, 2.24) is 0 Å². The quantitative estimate of drug-likeness (QED) is 0.805. The Balaban J connectivity index is 2.21. The number of aliphatic hydroxyl groups is 3. The average molecular weight is 279 g/mol. The van der Waals surface area contributed by atoms with Gasteiger partial charge in [-0.1, -0.05) is 48.0 Å². The Kier molecular flexibility index (Phi) is 4.56. The zero-order valence-corrected chi connectivity index (χ0v) is 11.0. The summed E-state index contributed by atoms with van der Waals surface area (Å²) in [7, 11) is 0. The molecule has 0 saturated carbocycles. The standard InChI is InChI=1S/C15H15ClO3/c16-13-7-5-11(6-8-13)10-1-3-12(4-2-10)15(19)14(18)9-17/h1-8,14-15,17-19H,9H2. The fraction of sp³-hybridized carbons (Fsp3) is 0.200. The number of rotatable bonds is 4. The minimum atomic E-state index is -1.17. The molecule has 2 aromatic rings. The summed E-state index contributed by atoms with van der Waals surface area (Å²) in [5.74, 6) is 0. The third-order valence-corrected chi connectivity index (χ3v) is 3.23. The van der Waals surface area contributed by atoms with E-state index in [9.17, 15) is 10.2 Å². The van der Waals surface area contributed by atoms with Gasteiger partial charge >= 0.3 is 0 Å². The summed E-state index contributed by atoms with van der Waals surface area (Å²) in [4.78, 5) is 0. The summed E-state index contributed by atoms with van der Waals surface area (Å²) < 4.78 is 0. The highest BCUT2D eigenvalue weighted by Crippen LogP contribution is 2.24. The molecule has 0 spiro atoms. The topological polar surface area (TPSA) is 60.7 Å². The van der Waals surface area contributed by atoms with Crippen LogP contribution in [0.15, 0.2) is 48.5 Å². The molecule has 0 aliphatic rings. The Morgan fingerprint density at radius 2 is 1.32 bits per heavy atom. The molecule has 0 bridgehead atoms. The van der Waals surface area contributed by atoms with Crippen molar-refractivity contribution in [3.05, 3.63) is 59.1 Å². The summed E-state index contributed by atoms with van der Waals surface area (Å²) in [6.07, 6.45) is -2.24. The molecule has 0 aliphatic heterocycles. The van der Waals surface area contributed by atoms with Crippen molar-refractivity contribution < 1.29 is 15.3 Å². The van der Waals surface area contributed by atoms with Crippen LogP contribution in [-0.4, -0.2) is 28.0 Å². The first-order valence-corrected chi connectivity index (χ1v) is 6.32. The molecule has 2 aromatic carbocycles. The first-order chi connectivity index (χ1) is 9.11. The number of hydrogen-bond acceptors (Lipinski definition) is 3. The van der Waals surface area contributed by atoms with Crippen LogP contribution in [0.25, 0.3) is 11.1 Å². The van der Waals surface area contributed by atoms with Gasteiger partial charge in [-0.2, -0.15) is 0 Å². The van der Waals surface area contributed by atoms with Crippen LogP contribution in [0.5, 0.6) is 0 Å². The van der Waals surface area contributed by atoms with Gasteiger partial charge < -0.3 is 15.3 Å². The smallest absolute Gasteiger partial charge is 0.107 e. The number of hydrogen-bond donors (Lipinski definition) is 3. The van der Waals surface area contributed by atoms with Gasteiger partial charge in [0, 0.05) is 5.02 Å². The van der Waals surface area contributed by atoms with E-state index in [1.54, 1.807) is 12.1 Å². The molecule has 2 unspecified atom stereocenters. The average Bonchev–Trinajstić information content (AvgIpc) is 2.46. The third kappa shape index (κ3) is 3.33. The van der Waals surface area contributed by atoms with Gasteiger partial charge in [0.2, 0.25) is 0 Å². The lowest BCUT2D eigenvalue weighted by Gasteiger charge is -2.16. The number of halogens is 1. The Morgan fingerprint density at radius 1 is 0.842 bits per heavy atom. The lowest BCUT2D eigenvalue weighted by atomic mass is 10.00. The Bertz CT molecular complexity index is 522. The van der Waals surface area contributed by atoms with Gasteiger partial charge in [-0.3, -0.25) is 0 Å². The van der Waals surface area contributed by atoms with Crippen molar-refractivity contribution in [3.8, 4) is 11.1 Å². The van der Waals surface area contributed by atoms with Crippen LogP contribution in [0.4, 0.5) is 0 Å². The first kappa shape index (κ1) is 14.0. The van der Waals surface area contributed by atoms with Crippen molar-refractivity contribution in [2.24, 2.45) is 0 Å². The highest BCUT2D eigenvalue weighted by molar-refractivity contribution is 6.30. The lowest BCUT2D eigenvalue weighted by Crippen LogP contribution is -2.21. The van der Waals surface area contributed by atoms with E-state index >= 15 is 0 Å². The molecule has 3 N–H and O–H groups in total. The predicted molar refractivity (Wildman–Crippen MR) is 74.9 cm³/mol. The molecular weight excluding hydrogens is 264 g/mol. The van der Waals surface area contributed by atoms with E-state index in [0.29, 0.717) is 10.6 Å². The minimum absolute atomic E-state index is 0.472.